The van der Waals surface area contributed by atoms with Crippen LogP contribution in [0.4, 0.5) is 0 Å². The molecule has 7 aromatic rings. The van der Waals surface area contributed by atoms with Crippen molar-refractivity contribution in [3.8, 4) is 33.4 Å². The Bertz CT molecular complexity index is 3100. The van der Waals surface area contributed by atoms with E-state index in [1.807, 2.05) is 67.6 Å². The molecular weight excluding hydrogens is 949 g/mol. The van der Waals surface area contributed by atoms with Gasteiger partial charge in [-0.2, -0.15) is 0 Å². The third kappa shape index (κ3) is 8.65. The zero-order chi connectivity index (χ0) is 51.8. The number of aliphatic carboxylic acids is 1. The SMILES string of the molecule is CCCCOC(=O)C1OCC2(CO1)c1ccccc1-c1ccccc12.COC(=O)c1ccc(C2(C)OCC3(CO2)c2ccccc2-c2ccccc23)cc1.O=C(O)C1OCC2(CO1)c1ccccc1-c1ccccc12. The lowest BCUT2D eigenvalue weighted by Crippen LogP contribution is -2.48. The van der Waals surface area contributed by atoms with Gasteiger partial charge >= 0.3 is 17.9 Å². The van der Waals surface area contributed by atoms with E-state index in [0.29, 0.717) is 51.8 Å². The molecule has 1 N–H and O–H groups in total. The summed E-state index contributed by atoms with van der Waals surface area (Å²) in [6.07, 6.45) is -0.266. The zero-order valence-corrected chi connectivity index (χ0v) is 42.1. The number of carboxylic acids is 1. The summed E-state index contributed by atoms with van der Waals surface area (Å²) in [4.78, 5) is 34.8. The van der Waals surface area contributed by atoms with Crippen molar-refractivity contribution in [3.05, 3.63) is 214 Å². The molecule has 3 aliphatic heterocycles. The van der Waals surface area contributed by atoms with Crippen LogP contribution in [0.1, 0.15) is 76.0 Å². The molecule has 3 fully saturated rings. The highest BCUT2D eigenvalue weighted by molar-refractivity contribution is 5.89. The number of hydrogen-bond acceptors (Lipinski definition) is 11. The van der Waals surface area contributed by atoms with Crippen molar-refractivity contribution in [1.29, 1.82) is 0 Å². The molecule has 0 radical (unpaired) electrons. The summed E-state index contributed by atoms with van der Waals surface area (Å²) in [5.41, 5.74) is 14.8. The van der Waals surface area contributed by atoms with E-state index >= 15 is 0 Å². The van der Waals surface area contributed by atoms with Crippen LogP contribution in [0.15, 0.2) is 170 Å². The van der Waals surface area contributed by atoms with E-state index in [0.717, 1.165) is 29.5 Å². The monoisotopic (exact) mass is 1010 g/mol. The van der Waals surface area contributed by atoms with Crippen LogP contribution in [0, 0.1) is 0 Å². The van der Waals surface area contributed by atoms with Crippen LogP contribution in [0.25, 0.3) is 33.4 Å². The van der Waals surface area contributed by atoms with Crippen LogP contribution in [0.5, 0.6) is 0 Å². The van der Waals surface area contributed by atoms with Crippen molar-refractivity contribution in [2.75, 3.05) is 53.4 Å². The van der Waals surface area contributed by atoms with Gasteiger partial charge in [-0.1, -0.05) is 171 Å². The summed E-state index contributed by atoms with van der Waals surface area (Å²) < 4.78 is 45.4. The van der Waals surface area contributed by atoms with E-state index in [1.54, 1.807) is 12.1 Å². The van der Waals surface area contributed by atoms with E-state index in [-0.39, 0.29) is 16.8 Å². The molecule has 7 aromatic carbocycles. The van der Waals surface area contributed by atoms with Gasteiger partial charge in [-0.05, 0) is 92.2 Å². The van der Waals surface area contributed by atoms with Crippen LogP contribution in [-0.2, 0) is 69.5 Å². The minimum Gasteiger partial charge on any atom is -0.477 e. The lowest BCUT2D eigenvalue weighted by atomic mass is 9.78. The highest BCUT2D eigenvalue weighted by atomic mass is 16.7. The first-order valence-corrected chi connectivity index (χ1v) is 25.5. The van der Waals surface area contributed by atoms with Gasteiger partial charge in [0, 0.05) is 5.56 Å². The second-order valence-electron chi connectivity index (χ2n) is 19.9. The lowest BCUT2D eigenvalue weighted by Gasteiger charge is -2.44. The Hall–Kier alpha value is -7.29. The van der Waals surface area contributed by atoms with Crippen molar-refractivity contribution in [1.82, 2.24) is 0 Å². The van der Waals surface area contributed by atoms with Crippen LogP contribution >= 0.6 is 0 Å². The quantitative estimate of drug-likeness (QED) is 0.120. The van der Waals surface area contributed by atoms with Crippen molar-refractivity contribution < 1.29 is 57.4 Å². The topological polar surface area (TPSA) is 145 Å². The predicted octanol–water partition coefficient (Wildman–Crippen LogP) is 10.7. The second-order valence-corrected chi connectivity index (χ2v) is 19.9. The van der Waals surface area contributed by atoms with Gasteiger partial charge in [0.15, 0.2) is 5.79 Å². The van der Waals surface area contributed by atoms with Gasteiger partial charge in [-0.25, -0.2) is 14.4 Å². The van der Waals surface area contributed by atoms with E-state index in [4.69, 9.17) is 43.0 Å². The zero-order valence-electron chi connectivity index (χ0n) is 42.1. The van der Waals surface area contributed by atoms with Crippen LogP contribution in [0.3, 0.4) is 0 Å². The Labute approximate surface area is 436 Å². The minimum atomic E-state index is -1.17. The molecule has 0 bridgehead atoms. The molecule has 13 rings (SSSR count). The Balaban J connectivity index is 0.000000122. The molecule has 75 heavy (non-hydrogen) atoms. The molecule has 382 valence electrons. The van der Waals surface area contributed by atoms with Crippen molar-refractivity contribution in [2.45, 2.75) is 61.3 Å². The van der Waals surface area contributed by atoms with Gasteiger partial charge in [0.2, 0.25) is 0 Å². The molecular formula is C63H58O12. The fourth-order valence-electron chi connectivity index (χ4n) is 11.7. The molecule has 0 unspecified atom stereocenters. The van der Waals surface area contributed by atoms with Crippen molar-refractivity contribution in [2.24, 2.45) is 0 Å². The molecule has 3 heterocycles. The number of carbonyl (C=O) groups excluding carboxylic acids is 2. The highest BCUT2D eigenvalue weighted by Gasteiger charge is 2.52. The Morgan fingerprint density at radius 3 is 1.16 bits per heavy atom. The van der Waals surface area contributed by atoms with Crippen molar-refractivity contribution >= 4 is 17.9 Å². The lowest BCUT2D eigenvalue weighted by molar-refractivity contribution is -0.283. The van der Waals surface area contributed by atoms with E-state index in [9.17, 15) is 14.4 Å². The van der Waals surface area contributed by atoms with Crippen LogP contribution < -0.4 is 0 Å². The van der Waals surface area contributed by atoms with Gasteiger partial charge in [0.05, 0.1) is 75.2 Å². The van der Waals surface area contributed by atoms with Crippen molar-refractivity contribution in [3.63, 3.8) is 0 Å². The molecule has 6 aliphatic rings. The standard InChI is InChI=1S/C25H22O4.C21H22O4.C17H14O4/c1-24(18-13-11-17(12-14-18)23(26)27-2)28-15-25(16-29-24)21-9-5-3-7-19(21)20-8-4-6-10-22(20)25;1-2-3-12-23-19(22)20-24-13-21(14-25-20)17-10-6-4-8-15(17)16-9-5-7-11-18(16)21;18-15(19)16-20-9-17(10-21-16)13-7-3-1-5-11(13)12-6-2-4-8-14(12)17/h3-14H,15-16H2,1-2H3;4-11,20H,2-3,12-14H2,1H3;1-8,16H,9-10H2,(H,18,19). The minimum absolute atomic E-state index is 0.307. The van der Waals surface area contributed by atoms with Gasteiger partial charge in [-0.3, -0.25) is 0 Å². The average molecular weight is 1010 g/mol. The first-order chi connectivity index (χ1) is 36.6. The largest absolute Gasteiger partial charge is 0.477 e. The Kier molecular flexibility index (Phi) is 13.6. The number of hydrogen-bond donors (Lipinski definition) is 1. The molecule has 0 amide bonds. The number of unbranched alkanes of at least 4 members (excludes halogenated alkanes) is 1. The van der Waals surface area contributed by atoms with Gasteiger partial charge in [-0.15, -0.1) is 0 Å². The number of carbonyl (C=O) groups is 3. The van der Waals surface area contributed by atoms with E-state index < -0.39 is 35.7 Å². The van der Waals surface area contributed by atoms with Gasteiger partial charge < -0.3 is 43.0 Å². The van der Waals surface area contributed by atoms with Crippen LogP contribution in [-0.4, -0.2) is 89.0 Å². The number of esters is 2. The molecule has 3 saturated heterocycles. The molecule has 12 heteroatoms. The second kappa shape index (κ2) is 20.4. The summed E-state index contributed by atoms with van der Waals surface area (Å²) in [5.74, 6) is -2.73. The average Bonchev–Trinajstić information content (AvgIpc) is 4.04. The first kappa shape index (κ1) is 49.9. The van der Waals surface area contributed by atoms with Crippen LogP contribution in [0.2, 0.25) is 0 Å². The summed E-state index contributed by atoms with van der Waals surface area (Å²) in [6, 6.07) is 57.2. The van der Waals surface area contributed by atoms with Gasteiger partial charge in [0.25, 0.3) is 12.6 Å². The predicted molar refractivity (Wildman–Crippen MR) is 280 cm³/mol. The summed E-state index contributed by atoms with van der Waals surface area (Å²) in [5, 5.41) is 9.01. The van der Waals surface area contributed by atoms with E-state index in [1.165, 1.54) is 62.7 Å². The first-order valence-electron chi connectivity index (χ1n) is 25.5. The number of carboxylic acid groups (broad SMARTS) is 1. The Morgan fingerprint density at radius 1 is 0.493 bits per heavy atom. The summed E-state index contributed by atoms with van der Waals surface area (Å²) >= 11 is 0. The number of ether oxygens (including phenoxy) is 8. The molecule has 0 atom stereocenters. The fourth-order valence-corrected chi connectivity index (χ4v) is 11.7. The smallest absolute Gasteiger partial charge is 0.363 e. The maximum atomic E-state index is 12.1. The summed E-state index contributed by atoms with van der Waals surface area (Å²) in [6.45, 7) is 6.90. The highest BCUT2D eigenvalue weighted by Crippen LogP contribution is 2.54. The third-order valence-corrected chi connectivity index (χ3v) is 15.6. The van der Waals surface area contributed by atoms with E-state index in [2.05, 4.69) is 104 Å². The maximum absolute atomic E-state index is 12.1. The molecule has 3 aliphatic carbocycles. The normalized spacial score (nSPS) is 20.4. The number of fused-ring (bicyclic) bond motifs is 15. The molecule has 0 saturated carbocycles. The Morgan fingerprint density at radius 2 is 0.827 bits per heavy atom. The maximum Gasteiger partial charge on any atom is 0.363 e. The third-order valence-electron chi connectivity index (χ3n) is 15.6. The van der Waals surface area contributed by atoms with Gasteiger partial charge in [0.1, 0.15) is 0 Å². The fraction of sp³-hybridized carbons (Fsp3) is 0.286. The molecule has 0 aromatic heterocycles. The molecule has 12 nitrogen and oxygen atoms in total. The molecule has 3 spiro atoms. The number of rotatable bonds is 7. The number of methoxy groups -OCH3 is 1. The number of benzene rings is 7. The summed E-state index contributed by atoms with van der Waals surface area (Å²) in [7, 11) is 1.38.